The van der Waals surface area contributed by atoms with Gasteiger partial charge < -0.3 is 10.6 Å². The molecule has 0 aliphatic heterocycles. The zero-order valence-electron chi connectivity index (χ0n) is 10.4. The number of hydrogen-bond acceptors (Lipinski definition) is 4. The lowest BCUT2D eigenvalue weighted by Gasteiger charge is -2.03. The molecule has 6 nitrogen and oxygen atoms in total. The number of aromatic nitrogens is 3. The fraction of sp³-hybridized carbons (Fsp3) is 0.750. The monoisotopic (exact) mass is 249 g/mol. The predicted octanol–water partition coefficient (Wildman–Crippen LogP) is 0.0563. The van der Waals surface area contributed by atoms with E-state index >= 15 is 0 Å². The summed E-state index contributed by atoms with van der Waals surface area (Å²) in [5.74, 6) is 0.733. The van der Waals surface area contributed by atoms with Crippen molar-refractivity contribution < 1.29 is 4.79 Å². The molecule has 2 N–H and O–H groups in total. The molecule has 18 heavy (non-hydrogen) atoms. The third kappa shape index (κ3) is 3.53. The quantitative estimate of drug-likeness (QED) is 0.716. The standard InChI is InChI=1S/C12H19N5O/c18-12(14-5-9-1-2-9)8-17-7-11(15-16-17)6-13-10-3-4-10/h7,9-10,13H,1-6,8H2,(H,14,18). The minimum Gasteiger partial charge on any atom is -0.354 e. The Morgan fingerprint density at radius 2 is 2.22 bits per heavy atom. The van der Waals surface area contributed by atoms with Crippen molar-refractivity contribution in [2.45, 2.75) is 44.8 Å². The minimum atomic E-state index is 0.0218. The third-order valence-electron chi connectivity index (χ3n) is 3.33. The van der Waals surface area contributed by atoms with Gasteiger partial charge in [-0.05, 0) is 31.6 Å². The molecule has 0 atom stereocenters. The van der Waals surface area contributed by atoms with E-state index in [0.717, 1.165) is 18.8 Å². The van der Waals surface area contributed by atoms with E-state index in [9.17, 15) is 4.79 Å². The van der Waals surface area contributed by atoms with Gasteiger partial charge in [-0.25, -0.2) is 4.68 Å². The maximum Gasteiger partial charge on any atom is 0.241 e. The lowest BCUT2D eigenvalue weighted by atomic mass is 10.4. The number of carbonyl (C=O) groups is 1. The first kappa shape index (κ1) is 11.6. The second kappa shape index (κ2) is 5.06. The van der Waals surface area contributed by atoms with Crippen LogP contribution in [0.4, 0.5) is 0 Å². The smallest absolute Gasteiger partial charge is 0.241 e. The third-order valence-corrected chi connectivity index (χ3v) is 3.33. The molecule has 0 unspecified atom stereocenters. The van der Waals surface area contributed by atoms with Crippen molar-refractivity contribution in [3.63, 3.8) is 0 Å². The second-order valence-corrected chi connectivity index (χ2v) is 5.31. The highest BCUT2D eigenvalue weighted by atomic mass is 16.2. The molecule has 2 aliphatic carbocycles. The van der Waals surface area contributed by atoms with Crippen molar-refractivity contribution in [2.75, 3.05) is 6.54 Å². The van der Waals surface area contributed by atoms with Crippen LogP contribution in [0.15, 0.2) is 6.20 Å². The molecule has 0 aromatic carbocycles. The molecular weight excluding hydrogens is 230 g/mol. The normalized spacial score (nSPS) is 18.9. The van der Waals surface area contributed by atoms with Crippen LogP contribution < -0.4 is 10.6 Å². The van der Waals surface area contributed by atoms with Gasteiger partial charge >= 0.3 is 0 Å². The summed E-state index contributed by atoms with van der Waals surface area (Å²) in [5.41, 5.74) is 0.900. The van der Waals surface area contributed by atoms with Gasteiger partial charge in [0.15, 0.2) is 0 Å². The van der Waals surface area contributed by atoms with Crippen LogP contribution in [0.2, 0.25) is 0 Å². The fourth-order valence-electron chi connectivity index (χ4n) is 1.82. The lowest BCUT2D eigenvalue weighted by molar-refractivity contribution is -0.121. The zero-order valence-corrected chi connectivity index (χ0v) is 10.4. The first-order chi connectivity index (χ1) is 8.79. The molecule has 2 saturated carbocycles. The Balaban J connectivity index is 1.41. The summed E-state index contributed by atoms with van der Waals surface area (Å²) in [6.45, 7) is 1.82. The van der Waals surface area contributed by atoms with Gasteiger partial charge in [0.1, 0.15) is 6.54 Å². The molecule has 0 bridgehead atoms. The van der Waals surface area contributed by atoms with Gasteiger partial charge in [0.05, 0.1) is 11.9 Å². The van der Waals surface area contributed by atoms with Crippen LogP contribution in [0.1, 0.15) is 31.4 Å². The molecule has 3 rings (SSSR count). The maximum atomic E-state index is 11.6. The van der Waals surface area contributed by atoms with Crippen LogP contribution in [0.3, 0.4) is 0 Å². The Labute approximate surface area is 106 Å². The molecule has 1 heterocycles. The second-order valence-electron chi connectivity index (χ2n) is 5.31. The van der Waals surface area contributed by atoms with Crippen molar-refractivity contribution >= 4 is 5.91 Å². The number of amides is 1. The SMILES string of the molecule is O=C(Cn1cc(CNC2CC2)nn1)NCC1CC1. The predicted molar refractivity (Wildman–Crippen MR) is 65.6 cm³/mol. The van der Waals surface area contributed by atoms with Crippen LogP contribution in [-0.2, 0) is 17.9 Å². The van der Waals surface area contributed by atoms with E-state index in [0.29, 0.717) is 12.0 Å². The van der Waals surface area contributed by atoms with E-state index in [1.54, 1.807) is 4.68 Å². The van der Waals surface area contributed by atoms with Crippen LogP contribution in [-0.4, -0.2) is 33.5 Å². The van der Waals surface area contributed by atoms with Crippen LogP contribution in [0.25, 0.3) is 0 Å². The van der Waals surface area contributed by atoms with E-state index in [4.69, 9.17) is 0 Å². The molecule has 0 spiro atoms. The molecule has 1 aromatic rings. The van der Waals surface area contributed by atoms with Crippen molar-refractivity contribution in [3.8, 4) is 0 Å². The minimum absolute atomic E-state index is 0.0218. The summed E-state index contributed by atoms with van der Waals surface area (Å²) in [5, 5.41) is 14.3. The number of nitrogens with zero attached hydrogens (tertiary/aromatic N) is 3. The molecule has 1 amide bonds. The Morgan fingerprint density at radius 3 is 2.94 bits per heavy atom. The van der Waals surface area contributed by atoms with E-state index in [1.807, 2.05) is 6.20 Å². The summed E-state index contributed by atoms with van der Waals surface area (Å²) in [6.07, 6.45) is 6.86. The van der Waals surface area contributed by atoms with Gasteiger partial charge in [-0.2, -0.15) is 0 Å². The van der Waals surface area contributed by atoms with Crippen molar-refractivity contribution in [1.29, 1.82) is 0 Å². The topological polar surface area (TPSA) is 71.8 Å². The van der Waals surface area contributed by atoms with Gasteiger partial charge in [0.2, 0.25) is 5.91 Å². The fourth-order valence-corrected chi connectivity index (χ4v) is 1.82. The molecule has 2 fully saturated rings. The maximum absolute atomic E-state index is 11.6. The molecule has 0 saturated heterocycles. The van der Waals surface area contributed by atoms with E-state index in [-0.39, 0.29) is 12.5 Å². The van der Waals surface area contributed by atoms with E-state index in [1.165, 1.54) is 25.7 Å². The summed E-state index contributed by atoms with van der Waals surface area (Å²) < 4.78 is 1.60. The van der Waals surface area contributed by atoms with Gasteiger partial charge in [0.25, 0.3) is 0 Å². The van der Waals surface area contributed by atoms with Crippen molar-refractivity contribution in [2.24, 2.45) is 5.92 Å². The van der Waals surface area contributed by atoms with Crippen molar-refractivity contribution in [3.05, 3.63) is 11.9 Å². The van der Waals surface area contributed by atoms with Crippen LogP contribution >= 0.6 is 0 Å². The molecule has 98 valence electrons. The molecule has 2 aliphatic rings. The van der Waals surface area contributed by atoms with Crippen molar-refractivity contribution in [1.82, 2.24) is 25.6 Å². The number of nitrogens with one attached hydrogen (secondary N) is 2. The van der Waals surface area contributed by atoms with Crippen LogP contribution in [0, 0.1) is 5.92 Å². The first-order valence-corrected chi connectivity index (χ1v) is 6.68. The largest absolute Gasteiger partial charge is 0.354 e. The summed E-state index contributed by atoms with van der Waals surface area (Å²) in [6, 6.07) is 0.664. The number of carbonyl (C=O) groups excluding carboxylic acids is 1. The summed E-state index contributed by atoms with van der Waals surface area (Å²) in [4.78, 5) is 11.6. The highest BCUT2D eigenvalue weighted by Crippen LogP contribution is 2.27. The molecule has 6 heteroatoms. The average molecular weight is 249 g/mol. The molecule has 1 aromatic heterocycles. The van der Waals surface area contributed by atoms with E-state index < -0.39 is 0 Å². The van der Waals surface area contributed by atoms with Crippen LogP contribution in [0.5, 0.6) is 0 Å². The Kier molecular flexibility index (Phi) is 3.27. The zero-order chi connectivity index (χ0) is 12.4. The van der Waals surface area contributed by atoms with Gasteiger partial charge in [-0.3, -0.25) is 4.79 Å². The average Bonchev–Trinajstić information content (AvgIpc) is 3.26. The Morgan fingerprint density at radius 1 is 1.39 bits per heavy atom. The number of rotatable bonds is 7. The number of hydrogen-bond donors (Lipinski definition) is 2. The Bertz CT molecular complexity index is 422. The first-order valence-electron chi connectivity index (χ1n) is 6.68. The highest BCUT2D eigenvalue weighted by Gasteiger charge is 2.22. The molecular formula is C12H19N5O. The summed E-state index contributed by atoms with van der Waals surface area (Å²) >= 11 is 0. The molecule has 0 radical (unpaired) electrons. The summed E-state index contributed by atoms with van der Waals surface area (Å²) in [7, 11) is 0. The van der Waals surface area contributed by atoms with Gasteiger partial charge in [0, 0.05) is 19.1 Å². The lowest BCUT2D eigenvalue weighted by Crippen LogP contribution is -2.29. The van der Waals surface area contributed by atoms with E-state index in [2.05, 4.69) is 20.9 Å². The Hall–Kier alpha value is -1.43. The van der Waals surface area contributed by atoms with Gasteiger partial charge in [-0.1, -0.05) is 5.21 Å². The van der Waals surface area contributed by atoms with Gasteiger partial charge in [-0.15, -0.1) is 5.10 Å². The highest BCUT2D eigenvalue weighted by molar-refractivity contribution is 5.75.